The second-order valence-electron chi connectivity index (χ2n) is 4.75. The predicted molar refractivity (Wildman–Crippen MR) is 59.6 cm³/mol. The van der Waals surface area contributed by atoms with E-state index in [1.165, 1.54) is 6.42 Å². The van der Waals surface area contributed by atoms with Crippen LogP contribution in [-0.2, 0) is 4.74 Å². The smallest absolute Gasteiger partial charge is 0.0646 e. The first kappa shape index (κ1) is 12.0. The SMILES string of the molecule is CC(C)NCCCNC1(C)CCOC1. The number of ether oxygens (including phenoxy) is 1. The van der Waals surface area contributed by atoms with Crippen LogP contribution in [0.4, 0.5) is 0 Å². The molecule has 84 valence electrons. The molecule has 2 N–H and O–H groups in total. The number of hydrogen-bond donors (Lipinski definition) is 2. The van der Waals surface area contributed by atoms with Gasteiger partial charge in [0.05, 0.1) is 6.61 Å². The molecule has 1 saturated heterocycles. The van der Waals surface area contributed by atoms with Gasteiger partial charge >= 0.3 is 0 Å². The van der Waals surface area contributed by atoms with Gasteiger partial charge in [-0.05, 0) is 32.9 Å². The third-order valence-electron chi connectivity index (χ3n) is 2.68. The van der Waals surface area contributed by atoms with E-state index in [-0.39, 0.29) is 5.54 Å². The summed E-state index contributed by atoms with van der Waals surface area (Å²) < 4.78 is 5.38. The first-order valence-electron chi connectivity index (χ1n) is 5.68. The van der Waals surface area contributed by atoms with Crippen LogP contribution in [0, 0.1) is 0 Å². The summed E-state index contributed by atoms with van der Waals surface area (Å²) in [6, 6.07) is 0.598. The van der Waals surface area contributed by atoms with Gasteiger partial charge in [-0.2, -0.15) is 0 Å². The molecule has 0 saturated carbocycles. The molecule has 0 aromatic rings. The van der Waals surface area contributed by atoms with Crippen molar-refractivity contribution < 1.29 is 4.74 Å². The minimum atomic E-state index is 0.234. The summed E-state index contributed by atoms with van der Waals surface area (Å²) >= 11 is 0. The van der Waals surface area contributed by atoms with E-state index in [9.17, 15) is 0 Å². The number of nitrogens with one attached hydrogen (secondary N) is 2. The molecule has 1 fully saturated rings. The highest BCUT2D eigenvalue weighted by molar-refractivity contribution is 4.86. The lowest BCUT2D eigenvalue weighted by atomic mass is 10.0. The second-order valence-corrected chi connectivity index (χ2v) is 4.75. The van der Waals surface area contributed by atoms with Gasteiger partial charge in [0.25, 0.3) is 0 Å². The normalized spacial score (nSPS) is 27.4. The number of rotatable bonds is 6. The summed E-state index contributed by atoms with van der Waals surface area (Å²) in [7, 11) is 0. The zero-order valence-corrected chi connectivity index (χ0v) is 9.73. The summed E-state index contributed by atoms with van der Waals surface area (Å²) in [4.78, 5) is 0. The van der Waals surface area contributed by atoms with Crippen molar-refractivity contribution in [3.05, 3.63) is 0 Å². The zero-order chi connectivity index (χ0) is 10.4. The van der Waals surface area contributed by atoms with Crippen LogP contribution in [0.15, 0.2) is 0 Å². The number of hydrogen-bond acceptors (Lipinski definition) is 3. The third-order valence-corrected chi connectivity index (χ3v) is 2.68. The molecule has 1 aliphatic rings. The Morgan fingerprint density at radius 1 is 1.36 bits per heavy atom. The van der Waals surface area contributed by atoms with Crippen LogP contribution in [0.3, 0.4) is 0 Å². The molecule has 14 heavy (non-hydrogen) atoms. The van der Waals surface area contributed by atoms with E-state index in [1.807, 2.05) is 0 Å². The zero-order valence-electron chi connectivity index (χ0n) is 9.73. The van der Waals surface area contributed by atoms with Gasteiger partial charge in [0.15, 0.2) is 0 Å². The molecule has 0 aromatic carbocycles. The van der Waals surface area contributed by atoms with Gasteiger partial charge in [-0.1, -0.05) is 13.8 Å². The van der Waals surface area contributed by atoms with Crippen molar-refractivity contribution in [3.8, 4) is 0 Å². The summed E-state index contributed by atoms with van der Waals surface area (Å²) in [6.45, 7) is 10.6. The minimum absolute atomic E-state index is 0.234. The Bertz CT molecular complexity index is 153. The molecule has 0 aliphatic carbocycles. The maximum atomic E-state index is 5.38. The molecule has 3 heteroatoms. The van der Waals surface area contributed by atoms with Gasteiger partial charge < -0.3 is 15.4 Å². The minimum Gasteiger partial charge on any atom is -0.379 e. The summed E-state index contributed by atoms with van der Waals surface area (Å²) in [5, 5.41) is 6.98. The van der Waals surface area contributed by atoms with E-state index in [4.69, 9.17) is 4.74 Å². The Balaban J connectivity index is 1.98. The van der Waals surface area contributed by atoms with Crippen LogP contribution in [0.25, 0.3) is 0 Å². The molecule has 1 atom stereocenters. The fourth-order valence-corrected chi connectivity index (χ4v) is 1.68. The Morgan fingerprint density at radius 3 is 2.71 bits per heavy atom. The molecule has 1 heterocycles. The third kappa shape index (κ3) is 4.40. The predicted octanol–water partition coefficient (Wildman–Crippen LogP) is 1.14. The van der Waals surface area contributed by atoms with E-state index < -0.39 is 0 Å². The lowest BCUT2D eigenvalue weighted by Crippen LogP contribution is -2.43. The monoisotopic (exact) mass is 200 g/mol. The van der Waals surface area contributed by atoms with Crippen molar-refractivity contribution in [2.24, 2.45) is 0 Å². The molecule has 1 unspecified atom stereocenters. The van der Waals surface area contributed by atoms with Gasteiger partial charge in [-0.3, -0.25) is 0 Å². The fourth-order valence-electron chi connectivity index (χ4n) is 1.68. The van der Waals surface area contributed by atoms with E-state index in [0.29, 0.717) is 6.04 Å². The van der Waals surface area contributed by atoms with E-state index in [0.717, 1.165) is 32.7 Å². The van der Waals surface area contributed by atoms with E-state index in [1.54, 1.807) is 0 Å². The molecular weight excluding hydrogens is 176 g/mol. The van der Waals surface area contributed by atoms with Crippen molar-refractivity contribution in [2.45, 2.75) is 45.2 Å². The topological polar surface area (TPSA) is 33.3 Å². The van der Waals surface area contributed by atoms with Gasteiger partial charge in [0, 0.05) is 18.2 Å². The summed E-state index contributed by atoms with van der Waals surface area (Å²) in [5.74, 6) is 0. The largest absolute Gasteiger partial charge is 0.379 e. The molecule has 3 nitrogen and oxygen atoms in total. The van der Waals surface area contributed by atoms with Crippen LogP contribution in [-0.4, -0.2) is 37.9 Å². The molecule has 0 bridgehead atoms. The van der Waals surface area contributed by atoms with Crippen molar-refractivity contribution in [3.63, 3.8) is 0 Å². The first-order valence-corrected chi connectivity index (χ1v) is 5.68. The lowest BCUT2D eigenvalue weighted by Gasteiger charge is -2.23. The molecule has 0 radical (unpaired) electrons. The quantitative estimate of drug-likeness (QED) is 0.631. The maximum absolute atomic E-state index is 5.38. The molecule has 0 aromatic heterocycles. The standard InChI is InChI=1S/C11H24N2O/c1-10(2)12-6-4-7-13-11(3)5-8-14-9-11/h10,12-13H,4-9H2,1-3H3. The van der Waals surface area contributed by atoms with E-state index >= 15 is 0 Å². The highest BCUT2D eigenvalue weighted by Crippen LogP contribution is 2.16. The fraction of sp³-hybridized carbons (Fsp3) is 1.00. The molecule has 0 amide bonds. The molecule has 0 spiro atoms. The van der Waals surface area contributed by atoms with Crippen molar-refractivity contribution in [2.75, 3.05) is 26.3 Å². The van der Waals surface area contributed by atoms with Crippen LogP contribution in [0.2, 0.25) is 0 Å². The average Bonchev–Trinajstić information content (AvgIpc) is 2.51. The highest BCUT2D eigenvalue weighted by atomic mass is 16.5. The molecule has 1 aliphatic heterocycles. The Labute approximate surface area is 87.6 Å². The summed E-state index contributed by atoms with van der Waals surface area (Å²) in [5.41, 5.74) is 0.234. The van der Waals surface area contributed by atoms with Crippen molar-refractivity contribution >= 4 is 0 Å². The van der Waals surface area contributed by atoms with Crippen LogP contribution in [0.5, 0.6) is 0 Å². The van der Waals surface area contributed by atoms with E-state index in [2.05, 4.69) is 31.4 Å². The van der Waals surface area contributed by atoms with Gasteiger partial charge in [0.1, 0.15) is 0 Å². The molecular formula is C11H24N2O. The van der Waals surface area contributed by atoms with Gasteiger partial charge in [-0.15, -0.1) is 0 Å². The first-order chi connectivity index (χ1) is 6.62. The lowest BCUT2D eigenvalue weighted by molar-refractivity contribution is 0.171. The van der Waals surface area contributed by atoms with Crippen molar-refractivity contribution in [1.29, 1.82) is 0 Å². The maximum Gasteiger partial charge on any atom is 0.0646 e. The molecule has 1 rings (SSSR count). The second kappa shape index (κ2) is 5.69. The van der Waals surface area contributed by atoms with Crippen LogP contribution in [0.1, 0.15) is 33.6 Å². The highest BCUT2D eigenvalue weighted by Gasteiger charge is 2.28. The Morgan fingerprint density at radius 2 is 2.14 bits per heavy atom. The Hall–Kier alpha value is -0.120. The Kier molecular flexibility index (Phi) is 4.85. The van der Waals surface area contributed by atoms with Crippen LogP contribution >= 0.6 is 0 Å². The average molecular weight is 200 g/mol. The van der Waals surface area contributed by atoms with Gasteiger partial charge in [-0.25, -0.2) is 0 Å². The van der Waals surface area contributed by atoms with Crippen molar-refractivity contribution in [1.82, 2.24) is 10.6 Å². The van der Waals surface area contributed by atoms with Crippen LogP contribution < -0.4 is 10.6 Å². The van der Waals surface area contributed by atoms with Gasteiger partial charge in [0.2, 0.25) is 0 Å². The summed E-state index contributed by atoms with van der Waals surface area (Å²) in [6.07, 6.45) is 2.33.